The summed E-state index contributed by atoms with van der Waals surface area (Å²) in [4.78, 5) is 38.4. The Hall–Kier alpha value is -1.95. The van der Waals surface area contributed by atoms with Gasteiger partial charge in [0.25, 0.3) is 0 Å². The van der Waals surface area contributed by atoms with Gasteiger partial charge < -0.3 is 14.3 Å². The Morgan fingerprint density at radius 3 is 2.78 bits per heavy atom. The van der Waals surface area contributed by atoms with Crippen LogP contribution in [0.15, 0.2) is 23.0 Å². The van der Waals surface area contributed by atoms with Crippen LogP contribution in [0.3, 0.4) is 0 Å². The zero-order chi connectivity index (χ0) is 19.3. The van der Waals surface area contributed by atoms with Gasteiger partial charge in [-0.15, -0.1) is 0 Å². The van der Waals surface area contributed by atoms with Crippen LogP contribution >= 0.6 is 0 Å². The van der Waals surface area contributed by atoms with Gasteiger partial charge in [-0.3, -0.25) is 14.4 Å². The fourth-order valence-corrected chi connectivity index (χ4v) is 6.08. The maximum Gasteiger partial charge on any atom is 0.309 e. The summed E-state index contributed by atoms with van der Waals surface area (Å²) in [6.07, 6.45) is 4.66. The SMILES string of the molecule is COC(=O)[C@@H]1C[C@H](O)C(=O)[C@@H]2[C@H]3C[C@@H](c4ccoc4)CC(=O)[C@@H]3CC[C@]21C. The summed E-state index contributed by atoms with van der Waals surface area (Å²) in [5.74, 6) is -1.73. The van der Waals surface area contributed by atoms with E-state index in [0.717, 1.165) is 5.56 Å². The van der Waals surface area contributed by atoms with Crippen molar-refractivity contribution in [2.45, 2.75) is 51.0 Å². The Labute approximate surface area is 158 Å². The Balaban J connectivity index is 1.72. The average Bonchev–Trinajstić information content (AvgIpc) is 3.18. The van der Waals surface area contributed by atoms with Gasteiger partial charge in [-0.1, -0.05) is 6.92 Å². The van der Waals surface area contributed by atoms with Gasteiger partial charge in [0.05, 0.1) is 25.6 Å². The predicted molar refractivity (Wildman–Crippen MR) is 94.6 cm³/mol. The van der Waals surface area contributed by atoms with Crippen molar-refractivity contribution in [2.75, 3.05) is 7.11 Å². The van der Waals surface area contributed by atoms with Crippen molar-refractivity contribution in [2.24, 2.45) is 29.1 Å². The van der Waals surface area contributed by atoms with Crippen molar-refractivity contribution < 1.29 is 28.6 Å². The van der Waals surface area contributed by atoms with E-state index in [1.807, 2.05) is 13.0 Å². The fourth-order valence-electron chi connectivity index (χ4n) is 6.08. The lowest BCUT2D eigenvalue weighted by Gasteiger charge is -2.56. The molecule has 1 aromatic heterocycles. The van der Waals surface area contributed by atoms with Gasteiger partial charge in [0.2, 0.25) is 0 Å². The van der Waals surface area contributed by atoms with Crippen LogP contribution in [-0.4, -0.2) is 35.9 Å². The molecule has 0 amide bonds. The number of aliphatic hydroxyl groups excluding tert-OH is 1. The first-order valence-corrected chi connectivity index (χ1v) is 9.71. The third-order valence-electron chi connectivity index (χ3n) is 7.46. The molecule has 0 aromatic carbocycles. The minimum Gasteiger partial charge on any atom is -0.472 e. The fraction of sp³-hybridized carbons (Fsp3) is 0.667. The second kappa shape index (κ2) is 6.59. The van der Waals surface area contributed by atoms with Crippen molar-refractivity contribution in [3.63, 3.8) is 0 Å². The average molecular weight is 374 g/mol. The van der Waals surface area contributed by atoms with E-state index in [9.17, 15) is 19.5 Å². The molecule has 7 atom stereocenters. The third kappa shape index (κ3) is 2.76. The number of methoxy groups -OCH3 is 1. The van der Waals surface area contributed by atoms with E-state index in [4.69, 9.17) is 9.15 Å². The third-order valence-corrected chi connectivity index (χ3v) is 7.46. The summed E-state index contributed by atoms with van der Waals surface area (Å²) in [6.45, 7) is 1.96. The molecule has 1 aromatic rings. The Morgan fingerprint density at radius 2 is 2.11 bits per heavy atom. The highest BCUT2D eigenvalue weighted by Gasteiger charge is 2.61. The van der Waals surface area contributed by atoms with Crippen molar-refractivity contribution in [3.05, 3.63) is 24.2 Å². The lowest BCUT2D eigenvalue weighted by Crippen LogP contribution is -2.60. The molecular formula is C21H26O6. The molecule has 0 unspecified atom stereocenters. The first kappa shape index (κ1) is 18.4. The molecule has 3 aliphatic carbocycles. The van der Waals surface area contributed by atoms with E-state index < -0.39 is 23.4 Å². The second-order valence-electron chi connectivity index (χ2n) is 8.68. The highest BCUT2D eigenvalue weighted by atomic mass is 16.5. The lowest BCUT2D eigenvalue weighted by molar-refractivity contribution is -0.175. The predicted octanol–water partition coefficient (Wildman–Crippen LogP) is 2.50. The molecule has 0 spiro atoms. The standard InChI is InChI=1S/C21H26O6/c1-21-5-3-13-14(7-12(8-16(13)22)11-4-6-27-10-11)18(21)19(24)17(23)9-15(21)20(25)26-2/h4,6,10,12-15,17-18,23H,3,5,7-9H2,1-2H3/t12-,13-,14+,15+,17+,18+,21+/m1/s1. The first-order chi connectivity index (χ1) is 12.9. The van der Waals surface area contributed by atoms with Crippen molar-refractivity contribution >= 4 is 17.5 Å². The van der Waals surface area contributed by atoms with Crippen LogP contribution in [0, 0.1) is 29.1 Å². The van der Waals surface area contributed by atoms with Crippen LogP contribution in [0.1, 0.15) is 50.5 Å². The van der Waals surface area contributed by atoms with Crippen molar-refractivity contribution in [1.82, 2.24) is 0 Å². The number of fused-ring (bicyclic) bond motifs is 3. The van der Waals surface area contributed by atoms with E-state index >= 15 is 0 Å². The highest BCUT2D eigenvalue weighted by Crippen LogP contribution is 2.59. The van der Waals surface area contributed by atoms with Gasteiger partial charge in [0, 0.05) is 18.3 Å². The molecule has 146 valence electrons. The number of ether oxygens (including phenoxy) is 1. The number of esters is 1. The molecule has 1 heterocycles. The minimum absolute atomic E-state index is 0.0169. The second-order valence-corrected chi connectivity index (χ2v) is 8.68. The topological polar surface area (TPSA) is 93.8 Å². The molecule has 0 radical (unpaired) electrons. The van der Waals surface area contributed by atoms with Crippen LogP contribution in [0.4, 0.5) is 0 Å². The molecule has 4 rings (SSSR count). The van der Waals surface area contributed by atoms with E-state index in [1.165, 1.54) is 7.11 Å². The summed E-state index contributed by atoms with van der Waals surface area (Å²) in [5, 5.41) is 10.4. The lowest BCUT2D eigenvalue weighted by atomic mass is 9.46. The van der Waals surface area contributed by atoms with Gasteiger partial charge in [-0.2, -0.15) is 0 Å². The van der Waals surface area contributed by atoms with Crippen molar-refractivity contribution in [1.29, 1.82) is 0 Å². The molecule has 27 heavy (non-hydrogen) atoms. The van der Waals surface area contributed by atoms with E-state index in [1.54, 1.807) is 12.5 Å². The number of aliphatic hydroxyl groups is 1. The van der Waals surface area contributed by atoms with Gasteiger partial charge in [0.1, 0.15) is 11.9 Å². The van der Waals surface area contributed by atoms with E-state index in [-0.39, 0.29) is 41.7 Å². The summed E-state index contributed by atoms with van der Waals surface area (Å²) < 4.78 is 10.2. The number of furan rings is 1. The number of carbonyl (C=O) groups is 3. The van der Waals surface area contributed by atoms with Crippen LogP contribution in [-0.2, 0) is 19.1 Å². The zero-order valence-electron chi connectivity index (χ0n) is 15.7. The number of Topliss-reactive ketones (excluding diaryl/α,β-unsaturated/α-hetero) is 2. The van der Waals surface area contributed by atoms with E-state index in [0.29, 0.717) is 25.7 Å². The normalized spacial score (nSPS) is 41.6. The monoisotopic (exact) mass is 374 g/mol. The molecular weight excluding hydrogens is 348 g/mol. The van der Waals surface area contributed by atoms with Crippen LogP contribution in [0.25, 0.3) is 0 Å². The molecule has 0 bridgehead atoms. The molecule has 0 saturated heterocycles. The number of rotatable bonds is 2. The van der Waals surface area contributed by atoms with Crippen LogP contribution in [0.2, 0.25) is 0 Å². The summed E-state index contributed by atoms with van der Waals surface area (Å²) >= 11 is 0. The highest BCUT2D eigenvalue weighted by molar-refractivity contribution is 5.92. The number of hydrogen-bond acceptors (Lipinski definition) is 6. The molecule has 6 nitrogen and oxygen atoms in total. The molecule has 1 N–H and O–H groups in total. The summed E-state index contributed by atoms with van der Waals surface area (Å²) in [6, 6.07) is 1.87. The Morgan fingerprint density at radius 1 is 1.33 bits per heavy atom. The van der Waals surface area contributed by atoms with E-state index in [2.05, 4.69) is 0 Å². The Kier molecular flexibility index (Phi) is 4.49. The first-order valence-electron chi connectivity index (χ1n) is 9.71. The molecule has 3 aliphatic rings. The number of carbonyl (C=O) groups excluding carboxylic acids is 3. The largest absolute Gasteiger partial charge is 0.472 e. The minimum atomic E-state index is -1.17. The van der Waals surface area contributed by atoms with Gasteiger partial charge in [-0.05, 0) is 54.6 Å². The summed E-state index contributed by atoms with van der Waals surface area (Å²) in [5.41, 5.74) is 0.394. The maximum atomic E-state index is 13.0. The van der Waals surface area contributed by atoms with Crippen LogP contribution < -0.4 is 0 Å². The molecule has 6 heteroatoms. The smallest absolute Gasteiger partial charge is 0.309 e. The summed E-state index contributed by atoms with van der Waals surface area (Å²) in [7, 11) is 1.34. The number of ketones is 2. The van der Waals surface area contributed by atoms with Gasteiger partial charge in [-0.25, -0.2) is 0 Å². The quantitative estimate of drug-likeness (QED) is 0.800. The van der Waals surface area contributed by atoms with Gasteiger partial charge >= 0.3 is 5.97 Å². The van der Waals surface area contributed by atoms with Crippen molar-refractivity contribution in [3.8, 4) is 0 Å². The zero-order valence-corrected chi connectivity index (χ0v) is 15.7. The van der Waals surface area contributed by atoms with Gasteiger partial charge in [0.15, 0.2) is 5.78 Å². The van der Waals surface area contributed by atoms with Crippen LogP contribution in [0.5, 0.6) is 0 Å². The molecule has 0 aliphatic heterocycles. The number of hydrogen-bond donors (Lipinski definition) is 1. The molecule has 3 saturated carbocycles. The maximum absolute atomic E-state index is 13.0. The molecule has 3 fully saturated rings. The Bertz CT molecular complexity index is 753.